The van der Waals surface area contributed by atoms with Crippen LogP contribution in [-0.4, -0.2) is 37.0 Å². The van der Waals surface area contributed by atoms with E-state index < -0.39 is 0 Å². The fourth-order valence-corrected chi connectivity index (χ4v) is 2.48. The number of carbonyl (C=O) groups excluding carboxylic acids is 1. The largest absolute Gasteiger partial charge is 0.451 e. The molecule has 0 spiro atoms. The van der Waals surface area contributed by atoms with Crippen molar-refractivity contribution in [2.75, 3.05) is 25.9 Å². The maximum Gasteiger partial charge on any atom is 0.287 e. The van der Waals surface area contributed by atoms with Gasteiger partial charge in [0, 0.05) is 23.7 Å². The van der Waals surface area contributed by atoms with Crippen LogP contribution in [0.15, 0.2) is 28.7 Å². The molecule has 1 aliphatic rings. The first-order valence-corrected chi connectivity index (χ1v) is 6.40. The summed E-state index contributed by atoms with van der Waals surface area (Å²) in [6, 6.07) is 7.29. The highest BCUT2D eigenvalue weighted by Gasteiger charge is 2.23. The number of likely N-dealkylation sites (N-methyl/N-ethyl adjacent to an activating group) is 1. The molecule has 1 aliphatic heterocycles. The van der Waals surface area contributed by atoms with Crippen molar-refractivity contribution in [1.82, 2.24) is 10.2 Å². The van der Waals surface area contributed by atoms with Crippen LogP contribution in [0.1, 0.15) is 17.0 Å². The standard InChI is InChI=1S/C14H17N3O2/c1-17-5-4-11(8-17)16-14(18)13-7-9-6-10(15)2-3-12(9)19-13/h2-3,6-7,11H,4-5,8,15H2,1H3,(H,16,18). The molecule has 2 heterocycles. The minimum absolute atomic E-state index is 0.157. The van der Waals surface area contributed by atoms with Crippen LogP contribution in [0.4, 0.5) is 5.69 Å². The van der Waals surface area contributed by atoms with Crippen molar-refractivity contribution >= 4 is 22.6 Å². The van der Waals surface area contributed by atoms with Gasteiger partial charge in [0.15, 0.2) is 5.76 Å². The summed E-state index contributed by atoms with van der Waals surface area (Å²) >= 11 is 0. The number of nitrogens with one attached hydrogen (secondary N) is 1. The zero-order chi connectivity index (χ0) is 13.4. The molecule has 2 aromatic rings. The molecule has 100 valence electrons. The third-order valence-corrected chi connectivity index (χ3v) is 3.49. The molecule has 3 N–H and O–H groups in total. The lowest BCUT2D eigenvalue weighted by atomic mass is 10.2. The Bertz CT molecular complexity index is 620. The number of furan rings is 1. The van der Waals surface area contributed by atoms with Crippen molar-refractivity contribution in [3.8, 4) is 0 Å². The van der Waals surface area contributed by atoms with E-state index >= 15 is 0 Å². The third kappa shape index (κ3) is 2.42. The monoisotopic (exact) mass is 259 g/mol. The number of likely N-dealkylation sites (tertiary alicyclic amines) is 1. The van der Waals surface area contributed by atoms with Crippen molar-refractivity contribution in [3.05, 3.63) is 30.0 Å². The van der Waals surface area contributed by atoms with Gasteiger partial charge in [0.05, 0.1) is 0 Å². The van der Waals surface area contributed by atoms with E-state index in [4.69, 9.17) is 10.2 Å². The maximum absolute atomic E-state index is 12.1. The van der Waals surface area contributed by atoms with Gasteiger partial charge >= 0.3 is 0 Å². The highest BCUT2D eigenvalue weighted by Crippen LogP contribution is 2.22. The molecule has 1 fully saturated rings. The average Bonchev–Trinajstić information content (AvgIpc) is 2.95. The molecule has 19 heavy (non-hydrogen) atoms. The Morgan fingerprint density at radius 1 is 1.47 bits per heavy atom. The van der Waals surface area contributed by atoms with Gasteiger partial charge in [-0.3, -0.25) is 4.79 Å². The average molecular weight is 259 g/mol. The summed E-state index contributed by atoms with van der Waals surface area (Å²) in [5.41, 5.74) is 7.06. The minimum Gasteiger partial charge on any atom is -0.451 e. The molecule has 1 aromatic carbocycles. The normalized spacial score (nSPS) is 19.9. The Morgan fingerprint density at radius 2 is 2.32 bits per heavy atom. The number of nitrogens with two attached hydrogens (primary N) is 1. The molecule has 0 radical (unpaired) electrons. The predicted molar refractivity (Wildman–Crippen MR) is 74.0 cm³/mol. The number of hydrogen-bond acceptors (Lipinski definition) is 4. The molecule has 0 aliphatic carbocycles. The van der Waals surface area contributed by atoms with Crippen LogP contribution in [0.25, 0.3) is 11.0 Å². The van der Waals surface area contributed by atoms with E-state index in [2.05, 4.69) is 17.3 Å². The van der Waals surface area contributed by atoms with Gasteiger partial charge in [0.1, 0.15) is 5.58 Å². The number of nitrogen functional groups attached to an aromatic ring is 1. The van der Waals surface area contributed by atoms with Crippen molar-refractivity contribution in [2.45, 2.75) is 12.5 Å². The molecular formula is C14H17N3O2. The number of benzene rings is 1. The van der Waals surface area contributed by atoms with Crippen LogP contribution >= 0.6 is 0 Å². The van der Waals surface area contributed by atoms with Gasteiger partial charge < -0.3 is 20.4 Å². The van der Waals surface area contributed by atoms with Crippen LogP contribution in [0, 0.1) is 0 Å². The highest BCUT2D eigenvalue weighted by molar-refractivity contribution is 5.96. The smallest absolute Gasteiger partial charge is 0.287 e. The van der Waals surface area contributed by atoms with E-state index in [0.717, 1.165) is 24.9 Å². The van der Waals surface area contributed by atoms with Gasteiger partial charge in [0.2, 0.25) is 0 Å². The second-order valence-corrected chi connectivity index (χ2v) is 5.13. The summed E-state index contributed by atoms with van der Waals surface area (Å²) in [5, 5.41) is 3.85. The molecule has 1 atom stereocenters. The van der Waals surface area contributed by atoms with Gasteiger partial charge in [-0.05, 0) is 44.3 Å². The van der Waals surface area contributed by atoms with Crippen molar-refractivity contribution in [2.24, 2.45) is 0 Å². The number of carbonyl (C=O) groups is 1. The maximum atomic E-state index is 12.1. The van der Waals surface area contributed by atoms with E-state index in [1.165, 1.54) is 0 Å². The van der Waals surface area contributed by atoms with Crippen LogP contribution in [0.3, 0.4) is 0 Å². The molecule has 0 saturated carbocycles. The summed E-state index contributed by atoms with van der Waals surface area (Å²) in [6.45, 7) is 1.90. The summed E-state index contributed by atoms with van der Waals surface area (Å²) in [5.74, 6) is 0.185. The highest BCUT2D eigenvalue weighted by atomic mass is 16.3. The summed E-state index contributed by atoms with van der Waals surface area (Å²) in [4.78, 5) is 14.3. The lowest BCUT2D eigenvalue weighted by Gasteiger charge is -2.11. The molecular weight excluding hydrogens is 242 g/mol. The summed E-state index contributed by atoms with van der Waals surface area (Å²) < 4.78 is 5.54. The second kappa shape index (κ2) is 4.59. The number of fused-ring (bicyclic) bond motifs is 1. The Hall–Kier alpha value is -2.01. The predicted octanol–water partition coefficient (Wildman–Crippen LogP) is 1.45. The number of anilines is 1. The van der Waals surface area contributed by atoms with E-state index in [0.29, 0.717) is 17.0 Å². The molecule has 1 aromatic heterocycles. The molecule has 1 amide bonds. The first-order chi connectivity index (χ1) is 9.11. The zero-order valence-corrected chi connectivity index (χ0v) is 10.8. The molecule has 1 unspecified atom stereocenters. The SMILES string of the molecule is CN1CCC(NC(=O)c2cc3cc(N)ccc3o2)C1. The molecule has 5 heteroatoms. The van der Waals surface area contributed by atoms with E-state index in [9.17, 15) is 4.79 Å². The third-order valence-electron chi connectivity index (χ3n) is 3.49. The number of hydrogen-bond donors (Lipinski definition) is 2. The van der Waals surface area contributed by atoms with Gasteiger partial charge in [-0.25, -0.2) is 0 Å². The van der Waals surface area contributed by atoms with Gasteiger partial charge in [-0.15, -0.1) is 0 Å². The Kier molecular flexibility index (Phi) is 2.91. The van der Waals surface area contributed by atoms with Gasteiger partial charge in [-0.1, -0.05) is 0 Å². The van der Waals surface area contributed by atoms with Crippen LogP contribution < -0.4 is 11.1 Å². The molecule has 1 saturated heterocycles. The fourth-order valence-electron chi connectivity index (χ4n) is 2.48. The van der Waals surface area contributed by atoms with Gasteiger partial charge in [0.25, 0.3) is 5.91 Å². The van der Waals surface area contributed by atoms with E-state index in [1.54, 1.807) is 24.3 Å². The van der Waals surface area contributed by atoms with Crippen LogP contribution in [0.2, 0.25) is 0 Å². The van der Waals surface area contributed by atoms with Crippen molar-refractivity contribution in [3.63, 3.8) is 0 Å². The van der Waals surface area contributed by atoms with Crippen molar-refractivity contribution in [1.29, 1.82) is 0 Å². The van der Waals surface area contributed by atoms with E-state index in [1.807, 2.05) is 0 Å². The van der Waals surface area contributed by atoms with Crippen LogP contribution in [0.5, 0.6) is 0 Å². The Balaban J connectivity index is 1.78. The Labute approximate surface area is 111 Å². The molecule has 5 nitrogen and oxygen atoms in total. The first-order valence-electron chi connectivity index (χ1n) is 6.40. The topological polar surface area (TPSA) is 71.5 Å². The lowest BCUT2D eigenvalue weighted by molar-refractivity contribution is 0.0912. The van der Waals surface area contributed by atoms with Crippen LogP contribution in [-0.2, 0) is 0 Å². The molecule has 3 rings (SSSR count). The Morgan fingerprint density at radius 3 is 3.05 bits per heavy atom. The second-order valence-electron chi connectivity index (χ2n) is 5.13. The number of rotatable bonds is 2. The van der Waals surface area contributed by atoms with E-state index in [-0.39, 0.29) is 11.9 Å². The fraction of sp³-hybridized carbons (Fsp3) is 0.357. The zero-order valence-electron chi connectivity index (χ0n) is 10.8. The first kappa shape index (κ1) is 12.0. The lowest BCUT2D eigenvalue weighted by Crippen LogP contribution is -2.36. The van der Waals surface area contributed by atoms with Gasteiger partial charge in [-0.2, -0.15) is 0 Å². The quantitative estimate of drug-likeness (QED) is 0.801. The minimum atomic E-state index is -0.157. The van der Waals surface area contributed by atoms with Crippen molar-refractivity contribution < 1.29 is 9.21 Å². The number of amides is 1. The number of nitrogens with zero attached hydrogens (tertiary/aromatic N) is 1. The summed E-state index contributed by atoms with van der Waals surface area (Å²) in [7, 11) is 2.05. The molecule has 0 bridgehead atoms. The summed E-state index contributed by atoms with van der Waals surface area (Å²) in [6.07, 6.45) is 0.982.